The molecule has 4 aromatic rings. The van der Waals surface area contributed by atoms with Gasteiger partial charge >= 0.3 is 12.1 Å². The molecular weight excluding hydrogens is 651 g/mol. The van der Waals surface area contributed by atoms with Gasteiger partial charge in [-0.25, -0.2) is 9.48 Å². The molecule has 0 bridgehead atoms. The first-order valence-electron chi connectivity index (χ1n) is 16.0. The van der Waals surface area contributed by atoms with Gasteiger partial charge in [0.2, 0.25) is 17.7 Å². The minimum Gasteiger partial charge on any atom is -0.466 e. The number of nitrogens with one attached hydrogen (secondary N) is 1. The van der Waals surface area contributed by atoms with Gasteiger partial charge in [0.15, 0.2) is 0 Å². The lowest BCUT2D eigenvalue weighted by Gasteiger charge is -2.32. The summed E-state index contributed by atoms with van der Waals surface area (Å²) in [6.45, 7) is 2.86. The van der Waals surface area contributed by atoms with Crippen molar-refractivity contribution < 1.29 is 39.9 Å². The molecule has 1 aromatic heterocycles. The van der Waals surface area contributed by atoms with Crippen molar-refractivity contribution in [1.29, 1.82) is 0 Å². The van der Waals surface area contributed by atoms with Gasteiger partial charge in [0.05, 0.1) is 24.6 Å². The number of nitrogens with two attached hydrogens (primary N) is 1. The van der Waals surface area contributed by atoms with E-state index in [0.29, 0.717) is 43.5 Å². The lowest BCUT2D eigenvalue weighted by atomic mass is 9.86. The van der Waals surface area contributed by atoms with Crippen LogP contribution >= 0.6 is 0 Å². The second kappa shape index (κ2) is 15.2. The van der Waals surface area contributed by atoms with Gasteiger partial charge < -0.3 is 15.8 Å². The van der Waals surface area contributed by atoms with E-state index in [1.807, 2.05) is 72.4 Å². The molecule has 0 unspecified atom stereocenters. The van der Waals surface area contributed by atoms with Crippen LogP contribution in [0.5, 0.6) is 0 Å². The topological polar surface area (TPSA) is 137 Å². The second-order valence-electron chi connectivity index (χ2n) is 11.7. The predicted octanol–water partition coefficient (Wildman–Crippen LogP) is 6.33. The number of hydrogen-bond acceptors (Lipinski definition) is 6. The van der Waals surface area contributed by atoms with E-state index in [-0.39, 0.29) is 26.1 Å². The Kier molecular flexibility index (Phi) is 10.8. The van der Waals surface area contributed by atoms with Gasteiger partial charge in [0.25, 0.3) is 0 Å². The molecule has 6 rings (SSSR count). The summed E-state index contributed by atoms with van der Waals surface area (Å²) in [5.41, 5.74) is 8.62. The van der Waals surface area contributed by atoms with Crippen molar-refractivity contribution in [2.24, 2.45) is 5.73 Å². The Morgan fingerprint density at radius 3 is 2.40 bits per heavy atom. The number of para-hydroxylation sites is 1. The van der Waals surface area contributed by atoms with Gasteiger partial charge in [-0.3, -0.25) is 19.3 Å². The summed E-state index contributed by atoms with van der Waals surface area (Å²) in [7, 11) is 1.33. The third kappa shape index (κ3) is 7.77. The molecule has 2 aliphatic rings. The van der Waals surface area contributed by atoms with Crippen LogP contribution < -0.4 is 16.0 Å². The maximum Gasteiger partial charge on any atom is 0.416 e. The molecular formula is C37H40F3N5O5. The third-order valence-electron chi connectivity index (χ3n) is 8.60. The number of carbonyl (C=O) groups excluding carboxylic acids is 4. The molecule has 0 fully saturated rings. The summed E-state index contributed by atoms with van der Waals surface area (Å²) in [5.74, 6) is -0.814. The number of halogens is 3. The Balaban J connectivity index is 0.000000414. The number of nitrogens with zero attached hydrogens (tertiary/aromatic N) is 3. The quantitative estimate of drug-likeness (QED) is 0.208. The fourth-order valence-electron chi connectivity index (χ4n) is 6.17. The van der Waals surface area contributed by atoms with Crippen molar-refractivity contribution in [3.8, 4) is 5.69 Å². The van der Waals surface area contributed by atoms with E-state index in [4.69, 9.17) is 10.5 Å². The van der Waals surface area contributed by atoms with Crippen LogP contribution in [0, 0.1) is 0 Å². The van der Waals surface area contributed by atoms with Crippen molar-refractivity contribution in [3.63, 3.8) is 0 Å². The average Bonchev–Trinajstić information content (AvgIpc) is 3.79. The molecule has 50 heavy (non-hydrogen) atoms. The van der Waals surface area contributed by atoms with E-state index in [9.17, 15) is 32.3 Å². The largest absolute Gasteiger partial charge is 0.466 e. The number of methoxy groups -OCH3 is 1. The molecule has 0 saturated carbocycles. The zero-order valence-electron chi connectivity index (χ0n) is 27.5. The number of esters is 1. The van der Waals surface area contributed by atoms with Crippen LogP contribution in [0.25, 0.3) is 5.69 Å². The van der Waals surface area contributed by atoms with Crippen LogP contribution in [0.4, 0.5) is 19.0 Å². The van der Waals surface area contributed by atoms with E-state index >= 15 is 0 Å². The first kappa shape index (κ1) is 35.6. The van der Waals surface area contributed by atoms with Crippen LogP contribution in [0.2, 0.25) is 0 Å². The SMILES string of the molecule is CCN1C(=O)C[C@@H](c2cccc(CNC(=O)C3=C(C(=O)OC)CCC3)c2)c2cnn(-c3ccccc3)c21.NC(=O)c1cccc(C(F)(F)F)c1.[HH].[HH]. The van der Waals surface area contributed by atoms with E-state index in [1.165, 1.54) is 13.2 Å². The third-order valence-corrected chi connectivity index (χ3v) is 8.60. The fraction of sp³-hybridized carbons (Fsp3) is 0.270. The Morgan fingerprint density at radius 2 is 1.72 bits per heavy atom. The van der Waals surface area contributed by atoms with Crippen LogP contribution in [-0.2, 0) is 31.8 Å². The van der Waals surface area contributed by atoms with Gasteiger partial charge in [-0.05, 0) is 67.6 Å². The lowest BCUT2D eigenvalue weighted by molar-refractivity contribution is -0.138. The minimum atomic E-state index is -4.44. The molecule has 1 atom stereocenters. The Bertz CT molecular complexity index is 1950. The zero-order chi connectivity index (χ0) is 36.0. The van der Waals surface area contributed by atoms with Crippen molar-refractivity contribution in [3.05, 3.63) is 124 Å². The molecule has 0 saturated heterocycles. The van der Waals surface area contributed by atoms with Crippen LogP contribution in [0.3, 0.4) is 0 Å². The molecule has 1 aliphatic heterocycles. The number of benzene rings is 3. The molecule has 1 aliphatic carbocycles. The van der Waals surface area contributed by atoms with E-state index in [1.54, 1.807) is 4.90 Å². The zero-order valence-corrected chi connectivity index (χ0v) is 27.5. The van der Waals surface area contributed by atoms with Crippen LogP contribution in [0.15, 0.2) is 96.2 Å². The number of amides is 3. The van der Waals surface area contributed by atoms with E-state index in [0.717, 1.165) is 52.8 Å². The van der Waals surface area contributed by atoms with Gasteiger partial charge in [-0.15, -0.1) is 0 Å². The smallest absolute Gasteiger partial charge is 0.416 e. The van der Waals surface area contributed by atoms with Crippen molar-refractivity contribution >= 4 is 29.5 Å². The lowest BCUT2D eigenvalue weighted by Crippen LogP contribution is -2.37. The number of fused-ring (bicyclic) bond motifs is 1. The van der Waals surface area contributed by atoms with Gasteiger partial charge in [0, 0.05) is 50.6 Å². The molecule has 13 heteroatoms. The number of ether oxygens (including phenoxy) is 1. The Morgan fingerprint density at radius 1 is 1.00 bits per heavy atom. The van der Waals surface area contributed by atoms with Gasteiger partial charge in [-0.2, -0.15) is 18.3 Å². The molecule has 10 nitrogen and oxygen atoms in total. The minimum absolute atomic E-state index is 0. The molecule has 3 amide bonds. The normalized spacial score (nSPS) is 15.6. The molecule has 0 spiro atoms. The number of anilines is 1. The number of alkyl halides is 3. The Labute approximate surface area is 289 Å². The summed E-state index contributed by atoms with van der Waals surface area (Å²) >= 11 is 0. The van der Waals surface area contributed by atoms with E-state index in [2.05, 4.69) is 10.4 Å². The Hall–Kier alpha value is -5.72. The highest BCUT2D eigenvalue weighted by Gasteiger charge is 2.35. The monoisotopic (exact) mass is 691 g/mol. The number of aromatic nitrogens is 2. The van der Waals surface area contributed by atoms with Crippen molar-refractivity contribution in [1.82, 2.24) is 15.1 Å². The summed E-state index contributed by atoms with van der Waals surface area (Å²) in [4.78, 5) is 50.3. The number of carbonyl (C=O) groups is 4. The van der Waals surface area contributed by atoms with Crippen LogP contribution in [-0.4, -0.2) is 47.1 Å². The van der Waals surface area contributed by atoms with Gasteiger partial charge in [0.1, 0.15) is 5.82 Å². The predicted molar refractivity (Wildman–Crippen MR) is 183 cm³/mol. The van der Waals surface area contributed by atoms with E-state index < -0.39 is 23.6 Å². The fourth-order valence-corrected chi connectivity index (χ4v) is 6.17. The maximum absolute atomic E-state index is 13.2. The summed E-state index contributed by atoms with van der Waals surface area (Å²) in [5, 5.41) is 7.61. The first-order chi connectivity index (χ1) is 23.9. The highest BCUT2D eigenvalue weighted by Crippen LogP contribution is 2.41. The number of primary amides is 1. The molecule has 0 radical (unpaired) electrons. The maximum atomic E-state index is 13.2. The molecule has 2 heterocycles. The summed E-state index contributed by atoms with van der Waals surface area (Å²) in [6.07, 6.45) is -0.321. The van der Waals surface area contributed by atoms with Crippen LogP contribution in [0.1, 0.15) is 74.0 Å². The molecule has 3 N–H and O–H groups in total. The van der Waals surface area contributed by atoms with Crippen molar-refractivity contribution in [2.45, 2.75) is 51.2 Å². The van der Waals surface area contributed by atoms with Crippen molar-refractivity contribution in [2.75, 3.05) is 18.6 Å². The molecule has 3 aromatic carbocycles. The standard InChI is InChI=1S/C29H30N4O4.C8H6F3NO.2H2/c1-3-32-26(34)16-24(25-18-31-33(28(25)32)21-11-5-4-6-12-21)20-10-7-9-19(15-20)17-30-27(35)22-13-8-14-23(22)29(36)37-2;9-8(10,11)6-3-1-2-5(4-6)7(12)13;;/h4-7,9-12,15,18,24H,3,8,13-14,16-17H2,1-2H3,(H,30,35);1-4H,(H2,12,13);2*1H/t24-;;;/m0.../s1. The molecule has 264 valence electrons. The first-order valence-corrected chi connectivity index (χ1v) is 16.0. The highest BCUT2D eigenvalue weighted by atomic mass is 19.4. The summed E-state index contributed by atoms with van der Waals surface area (Å²) < 4.78 is 42.9. The number of rotatable bonds is 8. The second-order valence-corrected chi connectivity index (χ2v) is 11.7. The number of hydrogen-bond donors (Lipinski definition) is 2. The average molecular weight is 692 g/mol. The van der Waals surface area contributed by atoms with Gasteiger partial charge in [-0.1, -0.05) is 48.5 Å². The summed E-state index contributed by atoms with van der Waals surface area (Å²) in [6, 6.07) is 21.7. The highest BCUT2D eigenvalue weighted by molar-refractivity contribution is 6.03.